The molecule has 32 heavy (non-hydrogen) atoms. The minimum atomic E-state index is -0.693. The Kier molecular flexibility index (Phi) is 8.35. The summed E-state index contributed by atoms with van der Waals surface area (Å²) in [6.07, 6.45) is 0.494. The van der Waals surface area contributed by atoms with Gasteiger partial charge in [-0.3, -0.25) is 14.9 Å². The molecule has 0 saturated carbocycles. The largest absolute Gasteiger partial charge is 0.340 e. The van der Waals surface area contributed by atoms with Crippen LogP contribution in [0.15, 0.2) is 52.9 Å². The molecular weight excluding hydrogens is 447 g/mol. The number of amides is 2. The number of carbonyl (C=O) groups is 2. The van der Waals surface area contributed by atoms with Crippen LogP contribution in [-0.4, -0.2) is 28.1 Å². The zero-order valence-corrected chi connectivity index (χ0v) is 19.7. The van der Waals surface area contributed by atoms with Gasteiger partial charge in [0.25, 0.3) is 5.91 Å². The lowest BCUT2D eigenvalue weighted by Crippen LogP contribution is -2.44. The summed E-state index contributed by atoms with van der Waals surface area (Å²) in [7, 11) is 0. The van der Waals surface area contributed by atoms with Crippen molar-refractivity contribution < 1.29 is 14.0 Å². The normalized spacial score (nSPS) is 11.9. The third-order valence-corrected chi connectivity index (χ3v) is 6.67. The lowest BCUT2D eigenvalue weighted by molar-refractivity contribution is -0.118. The molecule has 3 rings (SSSR count). The summed E-state index contributed by atoms with van der Waals surface area (Å²) in [6.45, 7) is 5.85. The van der Waals surface area contributed by atoms with Gasteiger partial charge in [0.15, 0.2) is 4.34 Å². The van der Waals surface area contributed by atoms with E-state index in [4.69, 9.17) is 0 Å². The molecule has 0 aliphatic rings. The van der Waals surface area contributed by atoms with Crippen LogP contribution in [-0.2, 0) is 10.5 Å². The molecule has 1 heterocycles. The summed E-state index contributed by atoms with van der Waals surface area (Å²) in [5, 5.41) is 14.1. The van der Waals surface area contributed by atoms with Crippen LogP contribution >= 0.6 is 23.1 Å². The Labute approximate surface area is 195 Å². The number of hydrogen-bond donors (Lipinski definition) is 2. The highest BCUT2D eigenvalue weighted by atomic mass is 32.2. The summed E-state index contributed by atoms with van der Waals surface area (Å²) in [5.41, 5.74) is 2.36. The van der Waals surface area contributed by atoms with Crippen molar-refractivity contribution in [2.45, 2.75) is 43.3 Å². The van der Waals surface area contributed by atoms with E-state index in [1.165, 1.54) is 35.2 Å². The van der Waals surface area contributed by atoms with Gasteiger partial charge in [0.05, 0.1) is 0 Å². The molecule has 0 fully saturated rings. The number of nitrogens with zero attached hydrogens (tertiary/aromatic N) is 2. The standard InChI is InChI=1S/C23H25FN4O2S2/c1-14(2)12-19(25-20(29)18-7-5-4-6-15(18)3)21(30)26-22-27-28-23(32-22)31-13-16-8-10-17(24)11-9-16/h4-11,14,19H,12-13H2,1-3H3,(H,25,29)(H,26,27,30). The maximum absolute atomic E-state index is 13.0. The molecule has 0 saturated heterocycles. The van der Waals surface area contributed by atoms with Gasteiger partial charge in [0, 0.05) is 11.3 Å². The molecule has 6 nitrogen and oxygen atoms in total. The summed E-state index contributed by atoms with van der Waals surface area (Å²) >= 11 is 2.72. The molecule has 0 spiro atoms. The fourth-order valence-corrected chi connectivity index (χ4v) is 4.71. The molecule has 0 aliphatic carbocycles. The predicted molar refractivity (Wildman–Crippen MR) is 126 cm³/mol. The molecular formula is C23H25FN4O2S2. The fraction of sp³-hybridized carbons (Fsp3) is 0.304. The monoisotopic (exact) mass is 472 g/mol. The molecule has 0 bridgehead atoms. The number of carbonyl (C=O) groups excluding carboxylic acids is 2. The molecule has 0 radical (unpaired) electrons. The first-order valence-corrected chi connectivity index (χ1v) is 12.0. The molecule has 0 aliphatic heterocycles. The summed E-state index contributed by atoms with van der Waals surface area (Å²) in [4.78, 5) is 25.6. The maximum atomic E-state index is 13.0. The number of benzene rings is 2. The van der Waals surface area contributed by atoms with Crippen molar-refractivity contribution in [1.29, 1.82) is 0 Å². The average Bonchev–Trinajstić information content (AvgIpc) is 3.20. The van der Waals surface area contributed by atoms with Gasteiger partial charge >= 0.3 is 0 Å². The van der Waals surface area contributed by atoms with E-state index in [1.807, 2.05) is 32.9 Å². The molecule has 3 aromatic rings. The van der Waals surface area contributed by atoms with E-state index in [0.29, 0.717) is 27.2 Å². The number of hydrogen-bond acceptors (Lipinski definition) is 6. The number of thioether (sulfide) groups is 1. The topological polar surface area (TPSA) is 84.0 Å². The number of nitrogens with one attached hydrogen (secondary N) is 2. The van der Waals surface area contributed by atoms with E-state index >= 15 is 0 Å². The number of rotatable bonds is 9. The van der Waals surface area contributed by atoms with E-state index in [2.05, 4.69) is 20.8 Å². The van der Waals surface area contributed by atoms with Gasteiger partial charge in [0.1, 0.15) is 11.9 Å². The molecule has 9 heteroatoms. The Hall–Kier alpha value is -2.78. The minimum Gasteiger partial charge on any atom is -0.340 e. The van der Waals surface area contributed by atoms with Crippen LogP contribution in [0.3, 0.4) is 0 Å². The van der Waals surface area contributed by atoms with Gasteiger partial charge in [-0.1, -0.05) is 67.3 Å². The Morgan fingerprint density at radius 1 is 1.09 bits per heavy atom. The van der Waals surface area contributed by atoms with Crippen molar-refractivity contribution in [2.75, 3.05) is 5.32 Å². The summed E-state index contributed by atoms with van der Waals surface area (Å²) in [6, 6.07) is 12.9. The quantitative estimate of drug-likeness (QED) is 0.336. The van der Waals surface area contributed by atoms with Crippen LogP contribution in [0.4, 0.5) is 9.52 Å². The lowest BCUT2D eigenvalue weighted by atomic mass is 10.0. The molecule has 1 atom stereocenters. The molecule has 1 aromatic heterocycles. The highest BCUT2D eigenvalue weighted by Gasteiger charge is 2.24. The highest BCUT2D eigenvalue weighted by Crippen LogP contribution is 2.28. The Morgan fingerprint density at radius 3 is 2.50 bits per heavy atom. The van der Waals surface area contributed by atoms with Gasteiger partial charge in [-0.2, -0.15) is 0 Å². The van der Waals surface area contributed by atoms with E-state index in [9.17, 15) is 14.0 Å². The average molecular weight is 473 g/mol. The highest BCUT2D eigenvalue weighted by molar-refractivity contribution is 8.00. The van der Waals surface area contributed by atoms with Crippen molar-refractivity contribution in [3.63, 3.8) is 0 Å². The van der Waals surface area contributed by atoms with Gasteiger partial charge in [-0.25, -0.2) is 4.39 Å². The zero-order chi connectivity index (χ0) is 23.1. The second-order valence-electron chi connectivity index (χ2n) is 7.75. The van der Waals surface area contributed by atoms with Crippen molar-refractivity contribution in [1.82, 2.24) is 15.5 Å². The third-order valence-electron chi connectivity index (χ3n) is 4.63. The number of anilines is 1. The van der Waals surface area contributed by atoms with Crippen molar-refractivity contribution in [3.05, 3.63) is 71.0 Å². The van der Waals surface area contributed by atoms with Crippen molar-refractivity contribution in [3.8, 4) is 0 Å². The smallest absolute Gasteiger partial charge is 0.252 e. The van der Waals surface area contributed by atoms with Crippen LogP contribution in [0.1, 0.15) is 41.8 Å². The van der Waals surface area contributed by atoms with E-state index in [-0.39, 0.29) is 23.5 Å². The molecule has 2 amide bonds. The van der Waals surface area contributed by atoms with Crippen LogP contribution in [0.2, 0.25) is 0 Å². The van der Waals surface area contributed by atoms with Gasteiger partial charge in [0.2, 0.25) is 11.0 Å². The first-order chi connectivity index (χ1) is 15.3. The third kappa shape index (κ3) is 6.86. The maximum Gasteiger partial charge on any atom is 0.252 e. The lowest BCUT2D eigenvalue weighted by Gasteiger charge is -2.20. The predicted octanol–water partition coefficient (Wildman–Crippen LogP) is 5.06. The van der Waals surface area contributed by atoms with Crippen molar-refractivity contribution in [2.24, 2.45) is 5.92 Å². The van der Waals surface area contributed by atoms with Crippen LogP contribution < -0.4 is 10.6 Å². The Morgan fingerprint density at radius 2 is 1.81 bits per heavy atom. The van der Waals surface area contributed by atoms with Gasteiger partial charge in [-0.05, 0) is 48.6 Å². The minimum absolute atomic E-state index is 0.208. The van der Waals surface area contributed by atoms with Gasteiger partial charge in [-0.15, -0.1) is 10.2 Å². The van der Waals surface area contributed by atoms with Crippen LogP contribution in [0, 0.1) is 18.7 Å². The summed E-state index contributed by atoms with van der Waals surface area (Å²) in [5.74, 6) is -0.0569. The second kappa shape index (κ2) is 11.2. The number of aromatic nitrogens is 2. The van der Waals surface area contributed by atoms with E-state index in [0.717, 1.165) is 11.1 Å². The van der Waals surface area contributed by atoms with Crippen molar-refractivity contribution >= 4 is 40.0 Å². The Bertz CT molecular complexity index is 1070. The molecule has 2 N–H and O–H groups in total. The second-order valence-corrected chi connectivity index (χ2v) is 9.95. The molecule has 168 valence electrons. The summed E-state index contributed by atoms with van der Waals surface area (Å²) < 4.78 is 13.7. The fourth-order valence-electron chi connectivity index (χ4n) is 3.00. The number of halogens is 1. The molecule has 1 unspecified atom stereocenters. The zero-order valence-electron chi connectivity index (χ0n) is 18.1. The van der Waals surface area contributed by atoms with E-state index < -0.39 is 6.04 Å². The SMILES string of the molecule is Cc1ccccc1C(=O)NC(CC(C)C)C(=O)Nc1nnc(SCc2ccc(F)cc2)s1. The van der Waals surface area contributed by atoms with Gasteiger partial charge < -0.3 is 5.32 Å². The first-order valence-electron chi connectivity index (χ1n) is 10.2. The molecule has 2 aromatic carbocycles. The number of aryl methyl sites for hydroxylation is 1. The first kappa shape index (κ1) is 23.9. The van der Waals surface area contributed by atoms with Crippen LogP contribution in [0.5, 0.6) is 0 Å². The van der Waals surface area contributed by atoms with E-state index in [1.54, 1.807) is 24.3 Å². The van der Waals surface area contributed by atoms with Crippen LogP contribution in [0.25, 0.3) is 0 Å². The Balaban J connectivity index is 1.61.